The van der Waals surface area contributed by atoms with Crippen LogP contribution in [0.2, 0.25) is 0 Å². The first-order chi connectivity index (χ1) is 14.9. The van der Waals surface area contributed by atoms with Gasteiger partial charge in [-0.05, 0) is 66.0 Å². The molecule has 9 heteroatoms. The quantitative estimate of drug-likeness (QED) is 0.344. The number of sulfonamides is 1. The van der Waals surface area contributed by atoms with Gasteiger partial charge in [-0.15, -0.1) is 11.3 Å². The number of rotatable bonds is 8. The summed E-state index contributed by atoms with van der Waals surface area (Å²) in [6.45, 7) is 0.307. The molecule has 2 aromatic carbocycles. The lowest BCUT2D eigenvalue weighted by Gasteiger charge is -2.10. The molecule has 0 aliphatic carbocycles. The molecule has 0 aliphatic rings. The van der Waals surface area contributed by atoms with E-state index >= 15 is 0 Å². The Morgan fingerprint density at radius 3 is 2.42 bits per heavy atom. The Balaban J connectivity index is 1.49. The Morgan fingerprint density at radius 1 is 1.00 bits per heavy atom. The van der Waals surface area contributed by atoms with Crippen molar-refractivity contribution in [2.75, 3.05) is 11.9 Å². The number of anilines is 1. The molecule has 1 amide bonds. The predicted octanol–water partition coefficient (Wildman–Crippen LogP) is 3.80. The standard InChI is InChI=1S/C22H21N3O3S3/c26-21(13-10-19-7-4-16-30-19)25-22(29)24-18-8-11-20(12-9-18)31(27,28)23-15-14-17-5-2-1-3-6-17/h1-13,16,23H,14-15H2,(H2,24,25,26,29). The van der Waals surface area contributed by atoms with Gasteiger partial charge in [0.05, 0.1) is 4.90 Å². The fraction of sp³-hybridized carbons (Fsp3) is 0.0909. The van der Waals surface area contributed by atoms with Crippen molar-refractivity contribution in [3.63, 3.8) is 0 Å². The molecule has 0 bridgehead atoms. The molecule has 0 aliphatic heterocycles. The van der Waals surface area contributed by atoms with E-state index in [0.29, 0.717) is 18.7 Å². The Hall–Kier alpha value is -2.85. The summed E-state index contributed by atoms with van der Waals surface area (Å²) in [5, 5.41) is 7.46. The average Bonchev–Trinajstić information content (AvgIpc) is 3.27. The van der Waals surface area contributed by atoms with E-state index in [4.69, 9.17) is 12.2 Å². The molecule has 3 N–H and O–H groups in total. The molecule has 0 saturated carbocycles. The fourth-order valence-corrected chi connectivity index (χ4v) is 4.50. The minimum Gasteiger partial charge on any atom is -0.332 e. The highest BCUT2D eigenvalue weighted by molar-refractivity contribution is 7.89. The van der Waals surface area contributed by atoms with Gasteiger partial charge in [0, 0.05) is 23.2 Å². The molecule has 1 aromatic heterocycles. The SMILES string of the molecule is O=C(C=Cc1cccs1)NC(=S)Nc1ccc(S(=O)(=O)NCCc2ccccc2)cc1. The summed E-state index contributed by atoms with van der Waals surface area (Å²) in [5.74, 6) is -0.354. The van der Waals surface area contributed by atoms with Crippen molar-refractivity contribution >= 4 is 56.4 Å². The summed E-state index contributed by atoms with van der Waals surface area (Å²) < 4.78 is 27.5. The van der Waals surface area contributed by atoms with Crippen LogP contribution in [0.5, 0.6) is 0 Å². The number of carbonyl (C=O) groups excluding carboxylic acids is 1. The van der Waals surface area contributed by atoms with E-state index < -0.39 is 10.0 Å². The van der Waals surface area contributed by atoms with Crippen LogP contribution in [0, 0.1) is 0 Å². The lowest BCUT2D eigenvalue weighted by molar-refractivity contribution is -0.115. The molecular weight excluding hydrogens is 450 g/mol. The molecular formula is C22H21N3O3S3. The normalized spacial score (nSPS) is 11.4. The van der Waals surface area contributed by atoms with Crippen LogP contribution in [0.3, 0.4) is 0 Å². The summed E-state index contributed by atoms with van der Waals surface area (Å²) in [5.41, 5.74) is 1.63. The third-order valence-electron chi connectivity index (χ3n) is 4.15. The highest BCUT2D eigenvalue weighted by atomic mass is 32.2. The van der Waals surface area contributed by atoms with Gasteiger partial charge < -0.3 is 5.32 Å². The first kappa shape index (κ1) is 22.8. The Morgan fingerprint density at radius 2 is 1.74 bits per heavy atom. The number of benzene rings is 2. The van der Waals surface area contributed by atoms with Crippen LogP contribution in [0.1, 0.15) is 10.4 Å². The average molecular weight is 472 g/mol. The highest BCUT2D eigenvalue weighted by Crippen LogP contribution is 2.14. The second kappa shape index (κ2) is 11.0. The zero-order valence-electron chi connectivity index (χ0n) is 16.4. The van der Waals surface area contributed by atoms with E-state index in [1.807, 2.05) is 47.8 Å². The highest BCUT2D eigenvalue weighted by Gasteiger charge is 2.13. The minimum absolute atomic E-state index is 0.123. The second-order valence-corrected chi connectivity index (χ2v) is 9.60. The molecule has 31 heavy (non-hydrogen) atoms. The number of thiocarbonyl (C=S) groups is 1. The van der Waals surface area contributed by atoms with Gasteiger partial charge in [0.1, 0.15) is 0 Å². The second-order valence-electron chi connectivity index (χ2n) is 6.45. The van der Waals surface area contributed by atoms with E-state index in [1.54, 1.807) is 18.2 Å². The number of nitrogens with one attached hydrogen (secondary N) is 3. The van der Waals surface area contributed by atoms with Gasteiger partial charge in [-0.1, -0.05) is 36.4 Å². The van der Waals surface area contributed by atoms with Crippen molar-refractivity contribution in [1.82, 2.24) is 10.0 Å². The third kappa shape index (κ3) is 7.41. The molecule has 0 fully saturated rings. The molecule has 3 rings (SSSR count). The maximum atomic E-state index is 12.4. The first-order valence-electron chi connectivity index (χ1n) is 9.39. The van der Waals surface area contributed by atoms with Crippen molar-refractivity contribution in [1.29, 1.82) is 0 Å². The maximum Gasteiger partial charge on any atom is 0.250 e. The zero-order chi connectivity index (χ0) is 22.1. The van der Waals surface area contributed by atoms with E-state index in [2.05, 4.69) is 15.4 Å². The predicted molar refractivity (Wildman–Crippen MR) is 129 cm³/mol. The monoisotopic (exact) mass is 471 g/mol. The molecule has 1 heterocycles. The Bertz CT molecular complexity index is 1140. The summed E-state index contributed by atoms with van der Waals surface area (Å²) in [6, 6.07) is 19.6. The lowest BCUT2D eigenvalue weighted by atomic mass is 10.2. The smallest absolute Gasteiger partial charge is 0.250 e. The van der Waals surface area contributed by atoms with E-state index in [1.165, 1.54) is 29.5 Å². The first-order valence-corrected chi connectivity index (χ1v) is 12.2. The van der Waals surface area contributed by atoms with Gasteiger partial charge in [-0.25, -0.2) is 13.1 Å². The van der Waals surface area contributed by atoms with Crippen molar-refractivity contribution in [2.24, 2.45) is 0 Å². The summed E-state index contributed by atoms with van der Waals surface area (Å²) in [4.78, 5) is 13.0. The maximum absolute atomic E-state index is 12.4. The van der Waals surface area contributed by atoms with Crippen LogP contribution in [-0.2, 0) is 21.2 Å². The number of carbonyl (C=O) groups is 1. The molecule has 0 unspecified atom stereocenters. The van der Waals surface area contributed by atoms with Crippen molar-refractivity contribution in [2.45, 2.75) is 11.3 Å². The third-order valence-corrected chi connectivity index (χ3v) is 6.67. The largest absolute Gasteiger partial charge is 0.332 e. The molecule has 0 atom stereocenters. The number of amides is 1. The van der Waals surface area contributed by atoms with Crippen molar-refractivity contribution in [3.8, 4) is 0 Å². The van der Waals surface area contributed by atoms with Gasteiger partial charge in [0.25, 0.3) is 0 Å². The van der Waals surface area contributed by atoms with E-state index in [9.17, 15) is 13.2 Å². The van der Waals surface area contributed by atoms with Gasteiger partial charge >= 0.3 is 0 Å². The molecule has 0 spiro atoms. The van der Waals surface area contributed by atoms with Crippen LogP contribution >= 0.6 is 23.6 Å². The number of thiophene rings is 1. The number of hydrogen-bond donors (Lipinski definition) is 3. The molecule has 6 nitrogen and oxygen atoms in total. The zero-order valence-corrected chi connectivity index (χ0v) is 18.9. The Labute approximate surface area is 191 Å². The fourth-order valence-electron chi connectivity index (χ4n) is 2.63. The summed E-state index contributed by atoms with van der Waals surface area (Å²) >= 11 is 6.66. The van der Waals surface area contributed by atoms with Gasteiger partial charge in [0.15, 0.2) is 5.11 Å². The molecule has 0 saturated heterocycles. The van der Waals surface area contributed by atoms with Crippen LogP contribution < -0.4 is 15.4 Å². The minimum atomic E-state index is -3.61. The summed E-state index contributed by atoms with van der Waals surface area (Å²) in [7, 11) is -3.61. The molecule has 0 radical (unpaired) electrons. The Kier molecular flexibility index (Phi) is 8.07. The number of hydrogen-bond acceptors (Lipinski definition) is 5. The van der Waals surface area contributed by atoms with Crippen LogP contribution in [0.4, 0.5) is 5.69 Å². The van der Waals surface area contributed by atoms with Gasteiger partial charge in [0.2, 0.25) is 15.9 Å². The van der Waals surface area contributed by atoms with E-state index in [0.717, 1.165) is 10.4 Å². The topological polar surface area (TPSA) is 87.3 Å². The van der Waals surface area contributed by atoms with Crippen LogP contribution in [-0.4, -0.2) is 26.0 Å². The van der Waals surface area contributed by atoms with Gasteiger partial charge in [-0.3, -0.25) is 10.1 Å². The summed E-state index contributed by atoms with van der Waals surface area (Å²) in [6.07, 6.45) is 3.71. The van der Waals surface area contributed by atoms with Crippen molar-refractivity contribution < 1.29 is 13.2 Å². The molecule has 3 aromatic rings. The lowest BCUT2D eigenvalue weighted by Crippen LogP contribution is -2.32. The van der Waals surface area contributed by atoms with E-state index in [-0.39, 0.29) is 15.9 Å². The van der Waals surface area contributed by atoms with Crippen molar-refractivity contribution in [3.05, 3.63) is 88.6 Å². The van der Waals surface area contributed by atoms with Crippen LogP contribution in [0.25, 0.3) is 6.08 Å². The molecule has 160 valence electrons. The van der Waals surface area contributed by atoms with Crippen LogP contribution in [0.15, 0.2) is 83.1 Å². The van der Waals surface area contributed by atoms with Gasteiger partial charge in [-0.2, -0.15) is 0 Å².